The van der Waals surface area contributed by atoms with Gasteiger partial charge in [0.15, 0.2) is 17.3 Å². The largest absolute Gasteiger partial charge is 0.508 e. The third-order valence-electron chi connectivity index (χ3n) is 4.80. The van der Waals surface area contributed by atoms with E-state index in [0.29, 0.717) is 5.56 Å². The van der Waals surface area contributed by atoms with E-state index in [1.165, 1.54) is 38.4 Å². The van der Waals surface area contributed by atoms with Crippen molar-refractivity contribution in [1.82, 2.24) is 19.1 Å². The highest BCUT2D eigenvalue weighted by Gasteiger charge is 2.31. The number of nitrogens with zero attached hydrogens (tertiary/aromatic N) is 4. The Kier molecular flexibility index (Phi) is 7.04. The molecule has 0 bridgehead atoms. The summed E-state index contributed by atoms with van der Waals surface area (Å²) in [5, 5.41) is 19.5. The first-order chi connectivity index (χ1) is 16.3. The molecular weight excluding hydrogens is 488 g/mol. The van der Waals surface area contributed by atoms with Gasteiger partial charge in [-0.05, 0) is 30.7 Å². The summed E-state index contributed by atoms with van der Waals surface area (Å²) in [6.07, 6.45) is -1.23. The Balaban J connectivity index is 2.05. The molecule has 1 aromatic carbocycles. The normalized spacial score (nSPS) is 14.0. The number of fused-ring (bicyclic) bond motifs is 1. The van der Waals surface area contributed by atoms with Gasteiger partial charge < -0.3 is 14.9 Å². The van der Waals surface area contributed by atoms with Gasteiger partial charge in [-0.25, -0.2) is 23.7 Å². The lowest BCUT2D eigenvalue weighted by atomic mass is 10.1. The van der Waals surface area contributed by atoms with Gasteiger partial charge in [0.2, 0.25) is 5.76 Å². The summed E-state index contributed by atoms with van der Waals surface area (Å²) in [5.74, 6) is -2.27. The molecule has 0 saturated heterocycles. The first-order valence-electron chi connectivity index (χ1n) is 9.77. The number of aromatic hydroxyl groups is 1. The third kappa shape index (κ3) is 5.71. The van der Waals surface area contributed by atoms with Gasteiger partial charge in [0.05, 0.1) is 6.20 Å². The number of carbonyl (C=O) groups is 1. The Labute approximate surface area is 197 Å². The van der Waals surface area contributed by atoms with Gasteiger partial charge in [0.25, 0.3) is 5.56 Å². The minimum absolute atomic E-state index is 0.0426. The summed E-state index contributed by atoms with van der Waals surface area (Å²) in [5.41, 5.74) is -1.82. The lowest BCUT2D eigenvalue weighted by Gasteiger charge is -2.22. The number of phenols is 1. The predicted molar refractivity (Wildman–Crippen MR) is 120 cm³/mol. The van der Waals surface area contributed by atoms with Crippen LogP contribution in [-0.4, -0.2) is 54.4 Å². The van der Waals surface area contributed by atoms with E-state index in [2.05, 4.69) is 14.2 Å². The number of aryl methyl sites for hydroxylation is 1. The molecule has 2 aromatic heterocycles. The molecule has 3 aromatic rings. The smallest absolute Gasteiger partial charge is 0.397 e. The Bertz CT molecular complexity index is 1540. The molecule has 0 amide bonds. The maximum absolute atomic E-state index is 12.5. The van der Waals surface area contributed by atoms with Crippen molar-refractivity contribution in [2.45, 2.75) is 19.1 Å². The van der Waals surface area contributed by atoms with E-state index in [1.807, 2.05) is 0 Å². The summed E-state index contributed by atoms with van der Waals surface area (Å²) in [7, 11) is -2.44. The fourth-order valence-corrected chi connectivity index (χ4v) is 3.57. The number of aliphatic hydroxyl groups is 1. The van der Waals surface area contributed by atoms with Gasteiger partial charge in [0.1, 0.15) is 17.5 Å². The molecule has 0 spiro atoms. The average Bonchev–Trinajstić information content (AvgIpc) is 2.79. The number of rotatable bonds is 7. The quantitative estimate of drug-likeness (QED) is 0.169. The number of hydrogen-bond acceptors (Lipinski definition) is 11. The summed E-state index contributed by atoms with van der Waals surface area (Å²) >= 11 is 0. The third-order valence-corrected chi connectivity index (χ3v) is 5.35. The zero-order valence-corrected chi connectivity index (χ0v) is 19.3. The molecule has 0 aliphatic heterocycles. The van der Waals surface area contributed by atoms with Gasteiger partial charge in [-0.2, -0.15) is 8.42 Å². The molecule has 2 heterocycles. The molecule has 3 rings (SSSR count). The molecule has 0 radical (unpaired) electrons. The highest BCUT2D eigenvalue weighted by Crippen LogP contribution is 2.25. The number of ether oxygens (including phenoxy) is 1. The Morgan fingerprint density at radius 2 is 1.77 bits per heavy atom. The van der Waals surface area contributed by atoms with Gasteiger partial charge in [-0.1, -0.05) is 12.1 Å². The molecule has 0 aliphatic rings. The van der Waals surface area contributed by atoms with Crippen LogP contribution < -0.4 is 11.2 Å². The molecular formula is C20H20N4O10S. The highest BCUT2D eigenvalue weighted by atomic mass is 32.3. The number of benzene rings is 1. The molecule has 186 valence electrons. The summed E-state index contributed by atoms with van der Waals surface area (Å²) in [6.45, 7) is 1.12. The second-order valence-electron chi connectivity index (χ2n) is 7.35. The first-order valence-corrected chi connectivity index (χ1v) is 11.1. The van der Waals surface area contributed by atoms with E-state index in [1.54, 1.807) is 0 Å². The lowest BCUT2D eigenvalue weighted by Crippen LogP contribution is -2.38. The zero-order valence-electron chi connectivity index (χ0n) is 18.5. The molecule has 0 fully saturated rings. The van der Waals surface area contributed by atoms with E-state index in [-0.39, 0.29) is 22.6 Å². The van der Waals surface area contributed by atoms with Crippen LogP contribution in [0, 0.1) is 0 Å². The van der Waals surface area contributed by atoms with Crippen molar-refractivity contribution in [1.29, 1.82) is 0 Å². The first kappa shape index (κ1) is 25.5. The number of aliphatic hydroxyl groups excluding tert-OH is 1. The van der Waals surface area contributed by atoms with Crippen LogP contribution in [0.15, 0.2) is 45.8 Å². The van der Waals surface area contributed by atoms with Crippen LogP contribution in [0.1, 0.15) is 24.3 Å². The molecule has 0 aliphatic carbocycles. The van der Waals surface area contributed by atoms with Crippen molar-refractivity contribution in [3.63, 3.8) is 0 Å². The van der Waals surface area contributed by atoms with Crippen LogP contribution in [0.5, 0.6) is 5.75 Å². The SMILES string of the molecule is C[C@@H](OS(=O)(=O)O)[C@H](OC(=O)/C(O)=C/c1ccc(O)cc1)c1cnc2c(n1)c(=O)n(C)c(=O)n2C. The Morgan fingerprint density at radius 3 is 2.37 bits per heavy atom. The maximum Gasteiger partial charge on any atom is 0.397 e. The zero-order chi connectivity index (χ0) is 26.1. The van der Waals surface area contributed by atoms with E-state index < -0.39 is 45.6 Å². The van der Waals surface area contributed by atoms with Gasteiger partial charge in [-0.3, -0.25) is 18.5 Å². The van der Waals surface area contributed by atoms with Gasteiger partial charge in [-0.15, -0.1) is 0 Å². The fraction of sp³-hybridized carbons (Fsp3) is 0.250. The van der Waals surface area contributed by atoms with Crippen molar-refractivity contribution in [3.05, 3.63) is 68.3 Å². The van der Waals surface area contributed by atoms with Crippen LogP contribution in [-0.2, 0) is 38.2 Å². The number of carbonyl (C=O) groups excluding carboxylic acids is 1. The number of hydrogen-bond donors (Lipinski definition) is 3. The van der Waals surface area contributed by atoms with E-state index in [0.717, 1.165) is 28.3 Å². The molecule has 2 atom stereocenters. The van der Waals surface area contributed by atoms with Crippen LogP contribution in [0.4, 0.5) is 0 Å². The van der Waals surface area contributed by atoms with E-state index >= 15 is 0 Å². The van der Waals surface area contributed by atoms with Gasteiger partial charge in [0, 0.05) is 14.1 Å². The predicted octanol–water partition coefficient (Wildman–Crippen LogP) is 0.124. The topological polar surface area (TPSA) is 200 Å². The van der Waals surface area contributed by atoms with Crippen LogP contribution >= 0.6 is 0 Å². The average molecular weight is 508 g/mol. The lowest BCUT2D eigenvalue weighted by molar-refractivity contribution is -0.152. The number of aromatic nitrogens is 4. The van der Waals surface area contributed by atoms with Gasteiger partial charge >= 0.3 is 22.1 Å². The maximum atomic E-state index is 12.5. The number of phenolic OH excluding ortho intramolecular Hbond substituents is 1. The van der Waals surface area contributed by atoms with Crippen LogP contribution in [0.2, 0.25) is 0 Å². The fourth-order valence-electron chi connectivity index (χ4n) is 3.09. The van der Waals surface area contributed by atoms with Crippen molar-refractivity contribution in [2.24, 2.45) is 14.1 Å². The molecule has 0 unspecified atom stereocenters. The summed E-state index contributed by atoms with van der Waals surface area (Å²) < 4.78 is 43.1. The summed E-state index contributed by atoms with van der Waals surface area (Å²) in [6, 6.07) is 5.42. The van der Waals surface area contributed by atoms with Crippen molar-refractivity contribution >= 4 is 33.6 Å². The van der Waals surface area contributed by atoms with Crippen molar-refractivity contribution < 1.29 is 36.9 Å². The minimum atomic E-state index is -5.01. The number of esters is 1. The molecule has 3 N–H and O–H groups in total. The van der Waals surface area contributed by atoms with Crippen LogP contribution in [0.3, 0.4) is 0 Å². The van der Waals surface area contributed by atoms with E-state index in [4.69, 9.17) is 9.29 Å². The summed E-state index contributed by atoms with van der Waals surface area (Å²) in [4.78, 5) is 45.3. The standard InChI is InChI=1S/C20H20N4O10S/c1-10(34-35(30,31)32)16(33-19(28)14(26)8-11-4-6-12(25)7-5-11)13-9-21-17-15(22-13)18(27)24(3)20(29)23(17)2/h4-10,16,25-26H,1-3H3,(H,30,31,32)/b14-8-/t10-,16+/m1/s1. The second kappa shape index (κ2) is 9.65. The molecule has 35 heavy (non-hydrogen) atoms. The van der Waals surface area contributed by atoms with E-state index in [9.17, 15) is 33.0 Å². The highest BCUT2D eigenvalue weighted by molar-refractivity contribution is 7.80. The Hall–Kier alpha value is -4.08. The molecule has 0 saturated carbocycles. The minimum Gasteiger partial charge on any atom is -0.508 e. The monoisotopic (exact) mass is 508 g/mol. The van der Waals surface area contributed by atoms with Crippen LogP contribution in [0.25, 0.3) is 17.2 Å². The van der Waals surface area contributed by atoms with Crippen molar-refractivity contribution in [3.8, 4) is 5.75 Å². The van der Waals surface area contributed by atoms with Crippen molar-refractivity contribution in [2.75, 3.05) is 0 Å². The second-order valence-corrected chi connectivity index (χ2v) is 8.40. The molecule has 14 nitrogen and oxygen atoms in total. The molecule has 15 heteroatoms. The Morgan fingerprint density at radius 1 is 1.14 bits per heavy atom.